The van der Waals surface area contributed by atoms with Gasteiger partial charge in [0.25, 0.3) is 10.0 Å². The van der Waals surface area contributed by atoms with Gasteiger partial charge >= 0.3 is 0 Å². The largest absolute Gasteiger partial charge is 0.357 e. The monoisotopic (exact) mass is 647 g/mol. The lowest BCUT2D eigenvalue weighted by Crippen LogP contribution is -2.53. The van der Waals surface area contributed by atoms with Crippen molar-refractivity contribution in [3.05, 3.63) is 130 Å². The Hall–Kier alpha value is -3.95. The number of amides is 2. The Labute approximate surface area is 256 Å². The number of halogens is 1. The van der Waals surface area contributed by atoms with Crippen LogP contribution in [0.2, 0.25) is 0 Å². The molecule has 0 aliphatic rings. The van der Waals surface area contributed by atoms with Crippen LogP contribution in [-0.4, -0.2) is 44.8 Å². The summed E-state index contributed by atoms with van der Waals surface area (Å²) in [7, 11) is -2.61. The highest BCUT2D eigenvalue weighted by Crippen LogP contribution is 2.27. The van der Waals surface area contributed by atoms with E-state index in [0.717, 1.165) is 26.6 Å². The summed E-state index contributed by atoms with van der Waals surface area (Å²) in [6.07, 6.45) is 0.264. The summed E-state index contributed by atoms with van der Waals surface area (Å²) in [5.41, 5.74) is 3.95. The van der Waals surface area contributed by atoms with Gasteiger partial charge in [-0.15, -0.1) is 0 Å². The van der Waals surface area contributed by atoms with Gasteiger partial charge in [-0.1, -0.05) is 94.3 Å². The topological polar surface area (TPSA) is 86.8 Å². The third-order valence-electron chi connectivity index (χ3n) is 7.10. The maximum Gasteiger partial charge on any atom is 0.264 e. The van der Waals surface area contributed by atoms with E-state index in [0.29, 0.717) is 10.2 Å². The first-order valence-corrected chi connectivity index (χ1v) is 15.8. The zero-order valence-corrected chi connectivity index (χ0v) is 26.2. The average molecular weight is 649 g/mol. The van der Waals surface area contributed by atoms with E-state index < -0.39 is 28.5 Å². The second-order valence-electron chi connectivity index (χ2n) is 10.1. The van der Waals surface area contributed by atoms with Crippen molar-refractivity contribution in [2.75, 3.05) is 17.9 Å². The van der Waals surface area contributed by atoms with Crippen LogP contribution >= 0.6 is 15.9 Å². The van der Waals surface area contributed by atoms with E-state index in [9.17, 15) is 18.0 Å². The van der Waals surface area contributed by atoms with Crippen molar-refractivity contribution in [3.8, 4) is 0 Å². The molecule has 0 saturated heterocycles. The Morgan fingerprint density at radius 2 is 1.52 bits per heavy atom. The van der Waals surface area contributed by atoms with Crippen LogP contribution in [0.3, 0.4) is 0 Å². The molecular weight excluding hydrogens is 614 g/mol. The second-order valence-corrected chi connectivity index (χ2v) is 12.9. The van der Waals surface area contributed by atoms with Crippen LogP contribution in [0.5, 0.6) is 0 Å². The molecule has 0 fully saturated rings. The fourth-order valence-electron chi connectivity index (χ4n) is 4.69. The van der Waals surface area contributed by atoms with Crippen molar-refractivity contribution in [2.24, 2.45) is 0 Å². The summed E-state index contributed by atoms with van der Waals surface area (Å²) >= 11 is 3.43. The minimum absolute atomic E-state index is 0.0680. The van der Waals surface area contributed by atoms with Crippen molar-refractivity contribution in [3.63, 3.8) is 0 Å². The molecule has 0 spiro atoms. The molecular formula is C33H34BrN3O4S. The first-order chi connectivity index (χ1) is 20.1. The van der Waals surface area contributed by atoms with Crippen LogP contribution in [0.25, 0.3) is 0 Å². The van der Waals surface area contributed by atoms with E-state index in [-0.39, 0.29) is 23.8 Å². The minimum atomic E-state index is -4.14. The second kappa shape index (κ2) is 13.8. The Kier molecular flexibility index (Phi) is 10.2. The Balaban J connectivity index is 1.80. The van der Waals surface area contributed by atoms with Gasteiger partial charge in [0, 0.05) is 24.5 Å². The van der Waals surface area contributed by atoms with Crippen molar-refractivity contribution in [1.29, 1.82) is 0 Å². The highest BCUT2D eigenvalue weighted by molar-refractivity contribution is 9.10. The van der Waals surface area contributed by atoms with Crippen molar-refractivity contribution in [2.45, 2.75) is 37.8 Å². The van der Waals surface area contributed by atoms with Crippen molar-refractivity contribution in [1.82, 2.24) is 10.2 Å². The van der Waals surface area contributed by atoms with Gasteiger partial charge in [-0.25, -0.2) is 8.42 Å². The molecule has 42 heavy (non-hydrogen) atoms. The molecule has 2 amide bonds. The van der Waals surface area contributed by atoms with E-state index in [4.69, 9.17) is 0 Å². The molecule has 0 aliphatic carbocycles. The fraction of sp³-hybridized carbons (Fsp3) is 0.212. The van der Waals surface area contributed by atoms with Crippen LogP contribution in [0.4, 0.5) is 5.69 Å². The number of hydrogen-bond acceptors (Lipinski definition) is 4. The molecule has 7 nitrogen and oxygen atoms in total. The van der Waals surface area contributed by atoms with E-state index in [2.05, 4.69) is 21.2 Å². The summed E-state index contributed by atoms with van der Waals surface area (Å²) in [5.74, 6) is -0.838. The summed E-state index contributed by atoms with van der Waals surface area (Å²) in [6, 6.07) is 29.6. The lowest BCUT2D eigenvalue weighted by atomic mass is 10.0. The first kappa shape index (κ1) is 31.0. The number of hydrogen-bond donors (Lipinski definition) is 1. The van der Waals surface area contributed by atoms with Crippen LogP contribution in [0.1, 0.15) is 22.3 Å². The predicted molar refractivity (Wildman–Crippen MR) is 170 cm³/mol. The fourth-order valence-corrected chi connectivity index (χ4v) is 6.48. The van der Waals surface area contributed by atoms with Crippen LogP contribution in [0, 0.1) is 13.8 Å². The number of carbonyl (C=O) groups excluding carboxylic acids is 2. The summed E-state index contributed by atoms with van der Waals surface area (Å²) in [6.45, 7) is 3.45. The van der Waals surface area contributed by atoms with Crippen LogP contribution in [-0.2, 0) is 32.6 Å². The molecule has 1 N–H and O–H groups in total. The molecule has 1 atom stereocenters. The third kappa shape index (κ3) is 7.46. The predicted octanol–water partition coefficient (Wildman–Crippen LogP) is 5.65. The van der Waals surface area contributed by atoms with Crippen molar-refractivity contribution >= 4 is 43.5 Å². The van der Waals surface area contributed by atoms with Gasteiger partial charge in [0.15, 0.2) is 0 Å². The Morgan fingerprint density at radius 3 is 2.17 bits per heavy atom. The number of likely N-dealkylation sites (N-methyl/N-ethyl adjacent to an activating group) is 1. The lowest BCUT2D eigenvalue weighted by molar-refractivity contribution is -0.139. The van der Waals surface area contributed by atoms with E-state index >= 15 is 0 Å². The summed E-state index contributed by atoms with van der Waals surface area (Å²) < 4.78 is 29.9. The maximum absolute atomic E-state index is 14.3. The number of sulfonamides is 1. The zero-order valence-electron chi connectivity index (χ0n) is 23.8. The maximum atomic E-state index is 14.3. The lowest BCUT2D eigenvalue weighted by Gasteiger charge is -2.34. The van der Waals surface area contributed by atoms with Gasteiger partial charge in [-0.05, 0) is 60.9 Å². The number of carbonyl (C=O) groups is 2. The molecule has 0 radical (unpaired) electrons. The zero-order chi connectivity index (χ0) is 30.3. The highest BCUT2D eigenvalue weighted by atomic mass is 79.9. The number of aryl methyl sites for hydroxylation is 2. The molecule has 4 rings (SSSR count). The number of benzene rings is 4. The molecule has 4 aromatic carbocycles. The van der Waals surface area contributed by atoms with E-state index in [1.165, 1.54) is 24.1 Å². The molecule has 0 unspecified atom stereocenters. The van der Waals surface area contributed by atoms with Gasteiger partial charge < -0.3 is 10.2 Å². The standard InChI is InChI=1S/C33H34BrN3O4S/c1-24-16-18-30(19-17-24)42(40,41)37(29-15-9-14-28(34)21-29)23-32(38)36(22-27-13-8-7-10-25(27)2)31(33(39)35-3)20-26-11-5-4-6-12-26/h4-19,21,31H,20,22-23H2,1-3H3,(H,35,39)/t31-/m0/s1. The number of anilines is 1. The number of rotatable bonds is 11. The average Bonchev–Trinajstić information content (AvgIpc) is 2.98. The quantitative estimate of drug-likeness (QED) is 0.228. The summed E-state index contributed by atoms with van der Waals surface area (Å²) in [5, 5.41) is 2.70. The smallest absolute Gasteiger partial charge is 0.264 e. The molecule has 0 heterocycles. The summed E-state index contributed by atoms with van der Waals surface area (Å²) in [4.78, 5) is 29.2. The minimum Gasteiger partial charge on any atom is -0.357 e. The van der Waals surface area contributed by atoms with Crippen LogP contribution in [0.15, 0.2) is 112 Å². The Morgan fingerprint density at radius 1 is 0.857 bits per heavy atom. The number of nitrogens with one attached hydrogen (secondary N) is 1. The van der Waals surface area contributed by atoms with Gasteiger partial charge in [-0.3, -0.25) is 13.9 Å². The third-order valence-corrected chi connectivity index (χ3v) is 9.38. The van der Waals surface area contributed by atoms with E-state index in [1.54, 1.807) is 36.4 Å². The van der Waals surface area contributed by atoms with Gasteiger partial charge in [0.1, 0.15) is 12.6 Å². The highest BCUT2D eigenvalue weighted by Gasteiger charge is 2.34. The van der Waals surface area contributed by atoms with Gasteiger partial charge in [0.2, 0.25) is 11.8 Å². The molecule has 0 aliphatic heterocycles. The molecule has 0 aromatic heterocycles. The first-order valence-electron chi connectivity index (χ1n) is 13.5. The number of nitrogens with zero attached hydrogens (tertiary/aromatic N) is 2. The van der Waals surface area contributed by atoms with Crippen molar-refractivity contribution < 1.29 is 18.0 Å². The molecule has 9 heteroatoms. The van der Waals surface area contributed by atoms with E-state index in [1.807, 2.05) is 68.4 Å². The normalized spacial score (nSPS) is 11.9. The molecule has 0 bridgehead atoms. The molecule has 4 aromatic rings. The molecule has 0 saturated carbocycles. The van der Waals surface area contributed by atoms with Gasteiger partial charge in [-0.2, -0.15) is 0 Å². The van der Waals surface area contributed by atoms with Gasteiger partial charge in [0.05, 0.1) is 10.6 Å². The molecule has 218 valence electrons. The SMILES string of the molecule is CNC(=O)[C@H](Cc1ccccc1)N(Cc1ccccc1C)C(=O)CN(c1cccc(Br)c1)S(=O)(=O)c1ccc(C)cc1. The Bertz CT molecular complexity index is 1640. The van der Waals surface area contributed by atoms with Crippen LogP contribution < -0.4 is 9.62 Å².